The van der Waals surface area contributed by atoms with E-state index in [1.165, 1.54) is 0 Å². The minimum absolute atomic E-state index is 0.0225. The molecule has 1 heterocycles. The number of benzene rings is 2. The van der Waals surface area contributed by atoms with Crippen LogP contribution in [-0.4, -0.2) is 31.0 Å². The van der Waals surface area contributed by atoms with Gasteiger partial charge in [-0.3, -0.25) is 9.59 Å². The number of nitrogens with zero attached hydrogens (tertiary/aromatic N) is 1. The van der Waals surface area contributed by atoms with Gasteiger partial charge in [0.15, 0.2) is 0 Å². The van der Waals surface area contributed by atoms with Crippen molar-refractivity contribution in [2.45, 2.75) is 19.4 Å². The van der Waals surface area contributed by atoms with Gasteiger partial charge in [0.2, 0.25) is 5.91 Å². The molecule has 130 valence electrons. The molecule has 0 saturated carbocycles. The van der Waals surface area contributed by atoms with Crippen molar-refractivity contribution in [2.24, 2.45) is 0 Å². The van der Waals surface area contributed by atoms with Crippen molar-refractivity contribution in [1.29, 1.82) is 0 Å². The fourth-order valence-electron chi connectivity index (χ4n) is 2.87. The van der Waals surface area contributed by atoms with E-state index in [0.29, 0.717) is 29.5 Å². The number of halogens is 1. The molecule has 1 aliphatic rings. The topological polar surface area (TPSA) is 58.6 Å². The molecule has 0 spiro atoms. The lowest BCUT2D eigenvalue weighted by molar-refractivity contribution is -0.117. The van der Waals surface area contributed by atoms with E-state index in [1.807, 2.05) is 13.0 Å². The number of carbonyl (C=O) groups excluding carboxylic acids is 2. The van der Waals surface area contributed by atoms with Crippen LogP contribution in [0.1, 0.15) is 23.7 Å². The third-order valence-corrected chi connectivity index (χ3v) is 4.28. The van der Waals surface area contributed by atoms with E-state index < -0.39 is 0 Å². The van der Waals surface area contributed by atoms with Gasteiger partial charge >= 0.3 is 0 Å². The minimum atomic E-state index is -0.245. The zero-order valence-electron chi connectivity index (χ0n) is 13.9. The highest BCUT2D eigenvalue weighted by atomic mass is 35.5. The number of rotatable bonds is 5. The molecule has 25 heavy (non-hydrogen) atoms. The largest absolute Gasteiger partial charge is 0.493 e. The van der Waals surface area contributed by atoms with Crippen LogP contribution >= 0.6 is 11.6 Å². The zero-order valence-corrected chi connectivity index (χ0v) is 14.6. The monoisotopic (exact) mass is 358 g/mol. The maximum absolute atomic E-state index is 12.6. The lowest BCUT2D eigenvalue weighted by Crippen LogP contribution is -2.37. The Balaban J connectivity index is 1.69. The van der Waals surface area contributed by atoms with Crippen LogP contribution in [0.4, 0.5) is 5.69 Å². The second kappa shape index (κ2) is 7.57. The molecule has 1 fully saturated rings. The summed E-state index contributed by atoms with van der Waals surface area (Å²) in [5, 5.41) is 3.55. The van der Waals surface area contributed by atoms with Crippen LogP contribution in [0, 0.1) is 0 Å². The summed E-state index contributed by atoms with van der Waals surface area (Å²) >= 11 is 5.89. The molecule has 1 saturated heterocycles. The number of amides is 2. The number of hydrogen-bond donors (Lipinski definition) is 1. The number of anilines is 1. The first kappa shape index (κ1) is 17.3. The van der Waals surface area contributed by atoms with E-state index >= 15 is 0 Å². The summed E-state index contributed by atoms with van der Waals surface area (Å²) in [6.45, 7) is 2.79. The number of nitrogens with one attached hydrogen (secondary N) is 1. The highest BCUT2D eigenvalue weighted by molar-refractivity contribution is 6.30. The smallest absolute Gasteiger partial charge is 0.255 e. The highest BCUT2D eigenvalue weighted by Crippen LogP contribution is 2.24. The first-order valence-corrected chi connectivity index (χ1v) is 8.55. The Morgan fingerprint density at radius 3 is 2.68 bits per heavy atom. The SMILES string of the molecule is CCOc1ccccc1C(=O)NC1CC(=O)N(c2ccc(Cl)cc2)C1. The van der Waals surface area contributed by atoms with Gasteiger partial charge in [-0.1, -0.05) is 23.7 Å². The predicted octanol–water partition coefficient (Wildman–Crippen LogP) is 3.27. The Bertz CT molecular complexity index is 776. The minimum Gasteiger partial charge on any atom is -0.493 e. The Labute approximate surface area is 151 Å². The number of carbonyl (C=O) groups is 2. The summed E-state index contributed by atoms with van der Waals surface area (Å²) in [5.41, 5.74) is 1.25. The van der Waals surface area contributed by atoms with Gasteiger partial charge in [-0.2, -0.15) is 0 Å². The van der Waals surface area contributed by atoms with Crippen LogP contribution < -0.4 is 15.0 Å². The molecule has 2 aromatic carbocycles. The normalized spacial score (nSPS) is 16.8. The molecule has 1 atom stereocenters. The van der Waals surface area contributed by atoms with E-state index in [0.717, 1.165) is 5.69 Å². The maximum atomic E-state index is 12.6. The van der Waals surface area contributed by atoms with E-state index in [9.17, 15) is 9.59 Å². The fourth-order valence-corrected chi connectivity index (χ4v) is 3.00. The van der Waals surface area contributed by atoms with Crippen LogP contribution in [0.5, 0.6) is 5.75 Å². The Morgan fingerprint density at radius 1 is 1.24 bits per heavy atom. The van der Waals surface area contributed by atoms with E-state index in [-0.39, 0.29) is 24.3 Å². The quantitative estimate of drug-likeness (QED) is 0.892. The second-order valence-electron chi connectivity index (χ2n) is 5.78. The van der Waals surface area contributed by atoms with Crippen molar-refractivity contribution >= 4 is 29.1 Å². The molecule has 1 unspecified atom stereocenters. The van der Waals surface area contributed by atoms with Gasteiger partial charge in [-0.05, 0) is 43.3 Å². The van der Waals surface area contributed by atoms with Crippen LogP contribution in [0.25, 0.3) is 0 Å². The number of hydrogen-bond acceptors (Lipinski definition) is 3. The van der Waals surface area contributed by atoms with Gasteiger partial charge in [0, 0.05) is 23.7 Å². The standard InChI is InChI=1S/C19H19ClN2O3/c1-2-25-17-6-4-3-5-16(17)19(24)21-14-11-18(23)22(12-14)15-9-7-13(20)8-10-15/h3-10,14H,2,11-12H2,1H3,(H,21,24). The second-order valence-corrected chi connectivity index (χ2v) is 6.22. The maximum Gasteiger partial charge on any atom is 0.255 e. The van der Waals surface area contributed by atoms with Gasteiger partial charge in [0.05, 0.1) is 18.2 Å². The first-order valence-electron chi connectivity index (χ1n) is 8.17. The lowest BCUT2D eigenvalue weighted by Gasteiger charge is -2.18. The van der Waals surface area contributed by atoms with E-state index in [1.54, 1.807) is 47.4 Å². The molecule has 0 aliphatic carbocycles. The molecule has 2 aromatic rings. The van der Waals surface area contributed by atoms with Gasteiger partial charge in [0.1, 0.15) is 5.75 Å². The summed E-state index contributed by atoms with van der Waals surface area (Å²) in [6, 6.07) is 13.9. The summed E-state index contributed by atoms with van der Waals surface area (Å²) < 4.78 is 5.49. The molecule has 1 aliphatic heterocycles. The third kappa shape index (κ3) is 3.94. The zero-order chi connectivity index (χ0) is 17.8. The Kier molecular flexibility index (Phi) is 5.24. The van der Waals surface area contributed by atoms with Gasteiger partial charge in [0.25, 0.3) is 5.91 Å². The van der Waals surface area contributed by atoms with Crippen molar-refractivity contribution in [3.63, 3.8) is 0 Å². The van der Waals surface area contributed by atoms with Crippen LogP contribution in [0.15, 0.2) is 48.5 Å². The van der Waals surface area contributed by atoms with Crippen LogP contribution in [-0.2, 0) is 4.79 Å². The molecule has 6 heteroatoms. The summed E-state index contributed by atoms with van der Waals surface area (Å²) in [6.07, 6.45) is 0.269. The van der Waals surface area contributed by atoms with E-state index in [2.05, 4.69) is 5.32 Å². The van der Waals surface area contributed by atoms with Crippen molar-refractivity contribution < 1.29 is 14.3 Å². The Hall–Kier alpha value is -2.53. The first-order chi connectivity index (χ1) is 12.1. The fraction of sp³-hybridized carbons (Fsp3) is 0.263. The predicted molar refractivity (Wildman–Crippen MR) is 97.3 cm³/mol. The van der Waals surface area contributed by atoms with Crippen molar-refractivity contribution in [3.05, 3.63) is 59.1 Å². The number of para-hydroxylation sites is 1. The highest BCUT2D eigenvalue weighted by Gasteiger charge is 2.32. The molecule has 0 radical (unpaired) electrons. The molecule has 2 amide bonds. The van der Waals surface area contributed by atoms with Crippen LogP contribution in [0.2, 0.25) is 5.02 Å². The summed E-state index contributed by atoms with van der Waals surface area (Å²) in [4.78, 5) is 26.5. The average Bonchev–Trinajstić information content (AvgIpc) is 2.96. The third-order valence-electron chi connectivity index (χ3n) is 4.03. The van der Waals surface area contributed by atoms with E-state index in [4.69, 9.17) is 16.3 Å². The lowest BCUT2D eigenvalue weighted by atomic mass is 10.1. The molecule has 1 N–H and O–H groups in total. The molecular weight excluding hydrogens is 340 g/mol. The van der Waals surface area contributed by atoms with Crippen molar-refractivity contribution in [2.75, 3.05) is 18.1 Å². The van der Waals surface area contributed by atoms with Crippen molar-refractivity contribution in [3.8, 4) is 5.75 Å². The molecule has 0 bridgehead atoms. The molecular formula is C19H19ClN2O3. The van der Waals surface area contributed by atoms with Gasteiger partial charge < -0.3 is 15.0 Å². The summed E-state index contributed by atoms with van der Waals surface area (Å²) in [5.74, 6) is 0.284. The van der Waals surface area contributed by atoms with Gasteiger partial charge in [-0.25, -0.2) is 0 Å². The van der Waals surface area contributed by atoms with Crippen molar-refractivity contribution in [1.82, 2.24) is 5.32 Å². The number of ether oxygens (including phenoxy) is 1. The molecule has 0 aromatic heterocycles. The van der Waals surface area contributed by atoms with Gasteiger partial charge in [-0.15, -0.1) is 0 Å². The molecule has 3 rings (SSSR count). The average molecular weight is 359 g/mol. The molecule has 5 nitrogen and oxygen atoms in total. The Morgan fingerprint density at radius 2 is 1.96 bits per heavy atom. The van der Waals surface area contributed by atoms with Crippen LogP contribution in [0.3, 0.4) is 0 Å². The summed E-state index contributed by atoms with van der Waals surface area (Å²) in [7, 11) is 0.